The van der Waals surface area contributed by atoms with Crippen molar-refractivity contribution in [2.75, 3.05) is 6.54 Å². The number of nitrogens with two attached hydrogens (primary N) is 1. The highest BCUT2D eigenvalue weighted by Gasteiger charge is 1.95. The Morgan fingerprint density at radius 2 is 2.29 bits per heavy atom. The first-order chi connectivity index (χ1) is 8.09. The van der Waals surface area contributed by atoms with Gasteiger partial charge in [-0.1, -0.05) is 30.4 Å². The third-order valence-electron chi connectivity index (χ3n) is 2.19. The first-order valence-electron chi connectivity index (χ1n) is 5.45. The summed E-state index contributed by atoms with van der Waals surface area (Å²) in [6.07, 6.45) is 4.72. The second-order valence-electron chi connectivity index (χ2n) is 3.71. The Bertz CT molecular complexity index is 438. The third kappa shape index (κ3) is 4.97. The molecule has 0 atom stereocenters. The maximum Gasteiger partial charge on any atom is 0.216 e. The minimum atomic E-state index is -0.0167. The Hall–Kier alpha value is -2.10. The summed E-state index contributed by atoms with van der Waals surface area (Å²) in [6.45, 7) is 2.14. The van der Waals surface area contributed by atoms with Gasteiger partial charge in [0.15, 0.2) is 0 Å². The van der Waals surface area contributed by atoms with Crippen molar-refractivity contribution in [1.29, 1.82) is 5.41 Å². The number of carbonyl (C=O) groups excluding carboxylic acids is 1. The summed E-state index contributed by atoms with van der Waals surface area (Å²) in [5.41, 5.74) is 7.12. The monoisotopic (exact) mass is 231 g/mol. The van der Waals surface area contributed by atoms with Crippen molar-refractivity contribution in [3.63, 3.8) is 0 Å². The van der Waals surface area contributed by atoms with E-state index >= 15 is 0 Å². The van der Waals surface area contributed by atoms with Crippen LogP contribution in [0.3, 0.4) is 0 Å². The van der Waals surface area contributed by atoms with Crippen molar-refractivity contribution < 1.29 is 4.79 Å². The molecular formula is C13H17N3O. The zero-order valence-electron chi connectivity index (χ0n) is 9.86. The van der Waals surface area contributed by atoms with Crippen molar-refractivity contribution in [2.24, 2.45) is 5.73 Å². The van der Waals surface area contributed by atoms with Crippen LogP contribution >= 0.6 is 0 Å². The Morgan fingerprint density at radius 3 is 2.94 bits per heavy atom. The maximum atomic E-state index is 10.6. The molecule has 1 rings (SSSR count). The fourth-order valence-corrected chi connectivity index (χ4v) is 1.36. The molecule has 1 amide bonds. The average Bonchev–Trinajstić information content (AvgIpc) is 2.28. The molecule has 1 aromatic rings. The molecule has 0 saturated carbocycles. The molecule has 0 saturated heterocycles. The van der Waals surface area contributed by atoms with Crippen LogP contribution in [0.15, 0.2) is 30.3 Å². The van der Waals surface area contributed by atoms with Crippen LogP contribution in [-0.2, 0) is 4.79 Å². The van der Waals surface area contributed by atoms with Crippen LogP contribution < -0.4 is 11.1 Å². The van der Waals surface area contributed by atoms with E-state index in [0.29, 0.717) is 12.1 Å². The van der Waals surface area contributed by atoms with E-state index in [4.69, 9.17) is 11.1 Å². The molecular weight excluding hydrogens is 214 g/mol. The van der Waals surface area contributed by atoms with Gasteiger partial charge in [0.05, 0.1) is 0 Å². The highest BCUT2D eigenvalue weighted by molar-refractivity contribution is 5.95. The highest BCUT2D eigenvalue weighted by Crippen LogP contribution is 2.06. The van der Waals surface area contributed by atoms with Crippen molar-refractivity contribution in [3.05, 3.63) is 41.5 Å². The van der Waals surface area contributed by atoms with E-state index in [9.17, 15) is 4.79 Å². The molecule has 0 aliphatic heterocycles. The number of rotatable bonds is 5. The molecule has 90 valence electrons. The Labute approximate surface area is 101 Å². The molecule has 1 aromatic carbocycles. The number of nitrogens with one attached hydrogen (secondary N) is 2. The van der Waals surface area contributed by atoms with Crippen LogP contribution in [0.25, 0.3) is 6.08 Å². The van der Waals surface area contributed by atoms with Gasteiger partial charge in [0.2, 0.25) is 5.91 Å². The molecule has 4 N–H and O–H groups in total. The quantitative estimate of drug-likeness (QED) is 0.408. The predicted molar refractivity (Wildman–Crippen MR) is 69.8 cm³/mol. The van der Waals surface area contributed by atoms with Crippen molar-refractivity contribution in [2.45, 2.75) is 13.3 Å². The summed E-state index contributed by atoms with van der Waals surface area (Å²) < 4.78 is 0. The van der Waals surface area contributed by atoms with Crippen LogP contribution in [0.2, 0.25) is 0 Å². The average molecular weight is 231 g/mol. The fourth-order valence-electron chi connectivity index (χ4n) is 1.36. The number of hydrogen-bond acceptors (Lipinski definition) is 2. The number of benzene rings is 1. The minimum Gasteiger partial charge on any atom is -0.384 e. The minimum absolute atomic E-state index is 0.0167. The maximum absolute atomic E-state index is 10.6. The summed E-state index contributed by atoms with van der Waals surface area (Å²) >= 11 is 0. The Kier molecular flexibility index (Phi) is 4.94. The third-order valence-corrected chi connectivity index (χ3v) is 2.19. The normalized spacial score (nSPS) is 10.4. The first kappa shape index (κ1) is 13.0. The smallest absolute Gasteiger partial charge is 0.216 e. The lowest BCUT2D eigenvalue weighted by atomic mass is 10.1. The van der Waals surface area contributed by atoms with Crippen LogP contribution in [-0.4, -0.2) is 18.3 Å². The molecule has 0 aromatic heterocycles. The number of nitrogen functional groups attached to an aromatic ring is 1. The van der Waals surface area contributed by atoms with Gasteiger partial charge < -0.3 is 11.1 Å². The predicted octanol–water partition coefficient (Wildman–Crippen LogP) is 1.51. The largest absolute Gasteiger partial charge is 0.384 e. The molecule has 0 aliphatic rings. The number of hydrogen-bond donors (Lipinski definition) is 3. The van der Waals surface area contributed by atoms with Crippen LogP contribution in [0.1, 0.15) is 24.5 Å². The molecule has 0 heterocycles. The summed E-state index contributed by atoms with van der Waals surface area (Å²) in [6, 6.07) is 7.47. The van der Waals surface area contributed by atoms with E-state index < -0.39 is 0 Å². The molecule has 0 bridgehead atoms. The second-order valence-corrected chi connectivity index (χ2v) is 3.71. The van der Waals surface area contributed by atoms with Crippen LogP contribution in [0.4, 0.5) is 0 Å². The highest BCUT2D eigenvalue weighted by atomic mass is 16.1. The lowest BCUT2D eigenvalue weighted by Crippen LogP contribution is -2.20. The van der Waals surface area contributed by atoms with Gasteiger partial charge in [-0.25, -0.2) is 0 Å². The molecule has 0 aliphatic carbocycles. The van der Waals surface area contributed by atoms with Crippen molar-refractivity contribution >= 4 is 17.8 Å². The molecule has 17 heavy (non-hydrogen) atoms. The van der Waals surface area contributed by atoms with Gasteiger partial charge in [0.1, 0.15) is 5.84 Å². The van der Waals surface area contributed by atoms with Gasteiger partial charge in [-0.3, -0.25) is 10.2 Å². The molecule has 0 unspecified atom stereocenters. The van der Waals surface area contributed by atoms with Gasteiger partial charge in [0.25, 0.3) is 0 Å². The summed E-state index contributed by atoms with van der Waals surface area (Å²) in [7, 11) is 0. The molecule has 0 radical (unpaired) electrons. The van der Waals surface area contributed by atoms with Gasteiger partial charge in [0, 0.05) is 19.0 Å². The number of carbonyl (C=O) groups is 1. The summed E-state index contributed by atoms with van der Waals surface area (Å²) in [4.78, 5) is 10.6. The number of amides is 1. The van der Waals surface area contributed by atoms with Crippen LogP contribution in [0.5, 0.6) is 0 Å². The van der Waals surface area contributed by atoms with E-state index in [1.54, 1.807) is 6.07 Å². The fraction of sp³-hybridized carbons (Fsp3) is 0.231. The van der Waals surface area contributed by atoms with Crippen LogP contribution in [0, 0.1) is 5.41 Å². The van der Waals surface area contributed by atoms with E-state index in [1.165, 1.54) is 6.92 Å². The second kappa shape index (κ2) is 6.48. The van der Waals surface area contributed by atoms with E-state index in [1.807, 2.05) is 30.4 Å². The SMILES string of the molecule is CC(=O)NCCC=Cc1cccc(C(=N)N)c1. The van der Waals surface area contributed by atoms with Gasteiger partial charge in [-0.05, 0) is 18.1 Å². The first-order valence-corrected chi connectivity index (χ1v) is 5.45. The molecule has 4 heteroatoms. The topological polar surface area (TPSA) is 79.0 Å². The summed E-state index contributed by atoms with van der Waals surface area (Å²) in [5, 5.41) is 10.0. The zero-order valence-corrected chi connectivity index (χ0v) is 9.86. The van der Waals surface area contributed by atoms with E-state index in [2.05, 4.69) is 5.32 Å². The lowest BCUT2D eigenvalue weighted by Gasteiger charge is -2.00. The Morgan fingerprint density at radius 1 is 1.53 bits per heavy atom. The summed E-state index contributed by atoms with van der Waals surface area (Å²) in [5.74, 6) is 0.0514. The zero-order chi connectivity index (χ0) is 12.7. The van der Waals surface area contributed by atoms with Gasteiger partial charge >= 0.3 is 0 Å². The lowest BCUT2D eigenvalue weighted by molar-refractivity contribution is -0.118. The van der Waals surface area contributed by atoms with Gasteiger partial charge in [-0.2, -0.15) is 0 Å². The molecule has 4 nitrogen and oxygen atoms in total. The van der Waals surface area contributed by atoms with E-state index in [-0.39, 0.29) is 11.7 Å². The number of amidine groups is 1. The molecule has 0 spiro atoms. The standard InChI is InChI=1S/C13H17N3O/c1-10(17)16-8-3-2-5-11-6-4-7-12(9-11)13(14)15/h2,4-7,9H,3,8H2,1H3,(H3,14,15)(H,16,17). The molecule has 0 fully saturated rings. The Balaban J connectivity index is 2.50. The van der Waals surface area contributed by atoms with Gasteiger partial charge in [-0.15, -0.1) is 0 Å². The van der Waals surface area contributed by atoms with Crippen molar-refractivity contribution in [1.82, 2.24) is 5.32 Å². The van der Waals surface area contributed by atoms with Crippen molar-refractivity contribution in [3.8, 4) is 0 Å². The van der Waals surface area contributed by atoms with E-state index in [0.717, 1.165) is 12.0 Å².